The summed E-state index contributed by atoms with van der Waals surface area (Å²) in [5.41, 5.74) is 3.53. The number of benzene rings is 1. The van der Waals surface area contributed by atoms with Gasteiger partial charge in [-0.25, -0.2) is 0 Å². The van der Waals surface area contributed by atoms with Crippen LogP contribution in [0.25, 0.3) is 0 Å². The molecule has 0 saturated carbocycles. The molecule has 0 spiro atoms. The first-order chi connectivity index (χ1) is 10.2. The summed E-state index contributed by atoms with van der Waals surface area (Å²) < 4.78 is 0. The number of aromatic nitrogens is 1. The molecule has 1 aromatic carbocycles. The first kappa shape index (κ1) is 13.3. The number of amides is 2. The summed E-state index contributed by atoms with van der Waals surface area (Å²) in [5.74, 6) is -0.0559. The minimum Gasteiger partial charge on any atom is -0.350 e. The maximum absolute atomic E-state index is 11.9. The Labute approximate surface area is 122 Å². The molecule has 2 heterocycles. The molecule has 5 heteroatoms. The molecular weight excluding hydrogens is 266 g/mol. The Morgan fingerprint density at radius 3 is 3.00 bits per heavy atom. The molecule has 2 amide bonds. The molecule has 0 fully saturated rings. The van der Waals surface area contributed by atoms with E-state index in [1.165, 1.54) is 0 Å². The lowest BCUT2D eigenvalue weighted by Gasteiger charge is -2.06. The second-order valence-electron chi connectivity index (χ2n) is 4.99. The van der Waals surface area contributed by atoms with Gasteiger partial charge in [-0.3, -0.25) is 14.6 Å². The van der Waals surface area contributed by atoms with Gasteiger partial charge in [0.25, 0.3) is 0 Å². The van der Waals surface area contributed by atoms with Crippen LogP contribution in [0.1, 0.15) is 16.8 Å². The largest absolute Gasteiger partial charge is 0.350 e. The highest BCUT2D eigenvalue weighted by Crippen LogP contribution is 2.23. The minimum atomic E-state index is -0.0575. The van der Waals surface area contributed by atoms with Gasteiger partial charge < -0.3 is 10.6 Å². The summed E-state index contributed by atoms with van der Waals surface area (Å²) in [5, 5.41) is 5.62. The Balaban J connectivity index is 1.58. The van der Waals surface area contributed by atoms with Gasteiger partial charge >= 0.3 is 0 Å². The Hall–Kier alpha value is -2.69. The maximum atomic E-state index is 11.9. The number of rotatable bonds is 4. The molecule has 2 N–H and O–H groups in total. The van der Waals surface area contributed by atoms with Gasteiger partial charge in [-0.05, 0) is 29.3 Å². The van der Waals surface area contributed by atoms with Crippen molar-refractivity contribution in [2.24, 2.45) is 0 Å². The van der Waals surface area contributed by atoms with E-state index < -0.39 is 0 Å². The minimum absolute atomic E-state index is 0.00162. The zero-order chi connectivity index (χ0) is 14.7. The number of hydrogen-bond donors (Lipinski definition) is 2. The van der Waals surface area contributed by atoms with Gasteiger partial charge in [0.05, 0.1) is 25.1 Å². The van der Waals surface area contributed by atoms with E-state index in [0.717, 1.165) is 22.5 Å². The van der Waals surface area contributed by atoms with Crippen molar-refractivity contribution in [3.63, 3.8) is 0 Å². The average molecular weight is 281 g/mol. The molecule has 0 saturated heterocycles. The van der Waals surface area contributed by atoms with Crippen LogP contribution in [0.5, 0.6) is 0 Å². The van der Waals surface area contributed by atoms with E-state index in [1.807, 2.05) is 36.4 Å². The van der Waals surface area contributed by atoms with Crippen molar-refractivity contribution in [1.82, 2.24) is 10.3 Å². The van der Waals surface area contributed by atoms with E-state index >= 15 is 0 Å². The number of anilines is 1. The average Bonchev–Trinajstić information content (AvgIpc) is 2.85. The zero-order valence-electron chi connectivity index (χ0n) is 11.4. The Morgan fingerprint density at radius 1 is 1.29 bits per heavy atom. The molecule has 0 radical (unpaired) electrons. The van der Waals surface area contributed by atoms with E-state index in [4.69, 9.17) is 0 Å². The summed E-state index contributed by atoms with van der Waals surface area (Å²) in [6, 6.07) is 11.2. The van der Waals surface area contributed by atoms with Crippen LogP contribution in [0.15, 0.2) is 42.6 Å². The second kappa shape index (κ2) is 5.75. The van der Waals surface area contributed by atoms with Crippen molar-refractivity contribution in [3.8, 4) is 0 Å². The monoisotopic (exact) mass is 281 g/mol. The van der Waals surface area contributed by atoms with Crippen molar-refractivity contribution in [1.29, 1.82) is 0 Å². The molecule has 5 nitrogen and oxygen atoms in total. The van der Waals surface area contributed by atoms with Crippen molar-refractivity contribution >= 4 is 17.5 Å². The smallest absolute Gasteiger partial charge is 0.228 e. The van der Waals surface area contributed by atoms with Crippen LogP contribution < -0.4 is 10.6 Å². The maximum Gasteiger partial charge on any atom is 0.228 e. The highest BCUT2D eigenvalue weighted by Gasteiger charge is 2.17. The van der Waals surface area contributed by atoms with Crippen LogP contribution >= 0.6 is 0 Å². The topological polar surface area (TPSA) is 71.1 Å². The Bertz CT molecular complexity index is 683. The van der Waals surface area contributed by atoms with Gasteiger partial charge in [0.15, 0.2) is 0 Å². The van der Waals surface area contributed by atoms with Crippen LogP contribution in [-0.2, 0) is 29.0 Å². The molecule has 106 valence electrons. The fourth-order valence-electron chi connectivity index (χ4n) is 2.33. The summed E-state index contributed by atoms with van der Waals surface area (Å²) in [7, 11) is 0. The van der Waals surface area contributed by atoms with Gasteiger partial charge in [-0.1, -0.05) is 18.2 Å². The molecule has 1 aromatic heterocycles. The first-order valence-corrected chi connectivity index (χ1v) is 6.79. The lowest BCUT2D eigenvalue weighted by molar-refractivity contribution is -0.120. The van der Waals surface area contributed by atoms with Crippen LogP contribution in [0, 0.1) is 0 Å². The number of carbonyl (C=O) groups is 2. The van der Waals surface area contributed by atoms with Gasteiger partial charge in [0.2, 0.25) is 11.8 Å². The summed E-state index contributed by atoms with van der Waals surface area (Å²) in [6.45, 7) is 0.421. The van der Waals surface area contributed by atoms with Gasteiger partial charge in [0, 0.05) is 11.9 Å². The number of pyridine rings is 1. The van der Waals surface area contributed by atoms with Crippen molar-refractivity contribution in [2.45, 2.75) is 19.4 Å². The molecule has 21 heavy (non-hydrogen) atoms. The molecular formula is C16H15N3O2. The van der Waals surface area contributed by atoms with Crippen molar-refractivity contribution < 1.29 is 9.59 Å². The highest BCUT2D eigenvalue weighted by molar-refractivity contribution is 5.99. The molecule has 3 rings (SSSR count). The summed E-state index contributed by atoms with van der Waals surface area (Å²) in [6.07, 6.45) is 2.39. The third-order valence-electron chi connectivity index (χ3n) is 3.35. The SMILES string of the molecule is O=C(Cc1ccc2c(c1)CC(=O)N2)NCc1ccccn1. The normalized spacial score (nSPS) is 12.7. The van der Waals surface area contributed by atoms with E-state index in [-0.39, 0.29) is 11.8 Å². The van der Waals surface area contributed by atoms with Crippen LogP contribution in [0.2, 0.25) is 0 Å². The third kappa shape index (κ3) is 3.25. The number of carbonyl (C=O) groups excluding carboxylic acids is 2. The molecule has 0 atom stereocenters. The van der Waals surface area contributed by atoms with E-state index in [1.54, 1.807) is 6.20 Å². The predicted molar refractivity (Wildman–Crippen MR) is 78.6 cm³/mol. The number of nitrogens with zero attached hydrogens (tertiary/aromatic N) is 1. The van der Waals surface area contributed by atoms with Crippen molar-refractivity contribution in [3.05, 3.63) is 59.4 Å². The Morgan fingerprint density at radius 2 is 2.19 bits per heavy atom. The zero-order valence-corrected chi connectivity index (χ0v) is 11.4. The van der Waals surface area contributed by atoms with E-state index in [0.29, 0.717) is 19.4 Å². The van der Waals surface area contributed by atoms with Crippen LogP contribution in [-0.4, -0.2) is 16.8 Å². The molecule has 1 aliphatic rings. The van der Waals surface area contributed by atoms with E-state index in [2.05, 4.69) is 15.6 Å². The van der Waals surface area contributed by atoms with E-state index in [9.17, 15) is 9.59 Å². The molecule has 1 aliphatic heterocycles. The quantitative estimate of drug-likeness (QED) is 0.890. The van der Waals surface area contributed by atoms with Gasteiger partial charge in [-0.2, -0.15) is 0 Å². The highest BCUT2D eigenvalue weighted by atomic mass is 16.2. The second-order valence-corrected chi connectivity index (χ2v) is 4.99. The lowest BCUT2D eigenvalue weighted by atomic mass is 10.1. The number of hydrogen-bond acceptors (Lipinski definition) is 3. The summed E-state index contributed by atoms with van der Waals surface area (Å²) in [4.78, 5) is 27.4. The van der Waals surface area contributed by atoms with Crippen LogP contribution in [0.4, 0.5) is 5.69 Å². The first-order valence-electron chi connectivity index (χ1n) is 6.79. The summed E-state index contributed by atoms with van der Waals surface area (Å²) >= 11 is 0. The molecule has 0 bridgehead atoms. The standard InChI is InChI=1S/C16H15N3O2/c20-15(18-10-13-3-1-2-6-17-13)8-11-4-5-14-12(7-11)9-16(21)19-14/h1-7H,8-10H2,(H,18,20)(H,19,21). The number of nitrogens with one attached hydrogen (secondary N) is 2. The fraction of sp³-hybridized carbons (Fsp3) is 0.188. The third-order valence-corrected chi connectivity index (χ3v) is 3.35. The number of fused-ring (bicyclic) bond motifs is 1. The fourth-order valence-corrected chi connectivity index (χ4v) is 2.33. The molecule has 2 aromatic rings. The molecule has 0 unspecified atom stereocenters. The van der Waals surface area contributed by atoms with Gasteiger partial charge in [0.1, 0.15) is 0 Å². The van der Waals surface area contributed by atoms with Gasteiger partial charge in [-0.15, -0.1) is 0 Å². The lowest BCUT2D eigenvalue weighted by Crippen LogP contribution is -2.24. The predicted octanol–water partition coefficient (Wildman–Crippen LogP) is 1.44. The molecule has 0 aliphatic carbocycles. The van der Waals surface area contributed by atoms with Crippen LogP contribution in [0.3, 0.4) is 0 Å². The Kier molecular flexibility index (Phi) is 3.64. The van der Waals surface area contributed by atoms with Crippen molar-refractivity contribution in [2.75, 3.05) is 5.32 Å².